The second kappa shape index (κ2) is 3.45. The molecule has 0 aliphatic carbocycles. The van der Waals surface area contributed by atoms with Crippen LogP contribution in [0.15, 0.2) is 18.2 Å². The lowest BCUT2D eigenvalue weighted by atomic mass is 9.99. The Hall–Kier alpha value is -1.31. The van der Waals surface area contributed by atoms with Crippen molar-refractivity contribution in [2.24, 2.45) is 0 Å². The van der Waals surface area contributed by atoms with Crippen molar-refractivity contribution >= 4 is 11.5 Å². The van der Waals surface area contributed by atoms with Crippen LogP contribution < -0.4 is 5.32 Å². The van der Waals surface area contributed by atoms with Gasteiger partial charge in [-0.15, -0.1) is 0 Å². The summed E-state index contributed by atoms with van der Waals surface area (Å²) in [7, 11) is 0. The van der Waals surface area contributed by atoms with Crippen LogP contribution in [0.3, 0.4) is 0 Å². The quantitative estimate of drug-likeness (QED) is 0.773. The van der Waals surface area contributed by atoms with Gasteiger partial charge in [0, 0.05) is 24.6 Å². The molecule has 0 bridgehead atoms. The molecule has 0 saturated heterocycles. The highest BCUT2D eigenvalue weighted by atomic mass is 16.1. The van der Waals surface area contributed by atoms with Crippen LogP contribution in [-0.2, 0) is 11.2 Å². The van der Waals surface area contributed by atoms with Crippen molar-refractivity contribution in [1.82, 2.24) is 0 Å². The average molecular weight is 189 g/mol. The molecule has 2 heteroatoms. The molecule has 14 heavy (non-hydrogen) atoms. The Morgan fingerprint density at radius 1 is 1.57 bits per heavy atom. The number of anilines is 1. The third-order valence-corrected chi connectivity index (χ3v) is 2.70. The Balaban J connectivity index is 2.30. The lowest BCUT2D eigenvalue weighted by Gasteiger charge is -2.05. The molecular weight excluding hydrogens is 174 g/mol. The third kappa shape index (κ3) is 1.65. The van der Waals surface area contributed by atoms with Crippen LogP contribution >= 0.6 is 0 Å². The van der Waals surface area contributed by atoms with Crippen LogP contribution in [0.25, 0.3) is 0 Å². The van der Waals surface area contributed by atoms with Crippen molar-refractivity contribution in [2.75, 3.05) is 11.9 Å². The smallest absolute Gasteiger partial charge is 0.134 e. The van der Waals surface area contributed by atoms with Gasteiger partial charge < -0.3 is 5.32 Å². The van der Waals surface area contributed by atoms with E-state index in [1.54, 1.807) is 6.92 Å². The molecule has 0 saturated carbocycles. The number of benzene rings is 1. The SMILES string of the molecule is CC(=O)Cc1ccc2c(c1)C(C)CN2. The predicted molar refractivity (Wildman–Crippen MR) is 57.7 cm³/mol. The summed E-state index contributed by atoms with van der Waals surface area (Å²) >= 11 is 0. The van der Waals surface area contributed by atoms with Crippen LogP contribution in [0.5, 0.6) is 0 Å². The van der Waals surface area contributed by atoms with Gasteiger partial charge in [-0.1, -0.05) is 19.1 Å². The highest BCUT2D eigenvalue weighted by Gasteiger charge is 2.17. The first-order valence-corrected chi connectivity index (χ1v) is 5.03. The number of nitrogens with one attached hydrogen (secondary N) is 1. The van der Waals surface area contributed by atoms with Gasteiger partial charge in [-0.25, -0.2) is 0 Å². The summed E-state index contributed by atoms with van der Waals surface area (Å²) in [5, 5.41) is 3.35. The third-order valence-electron chi connectivity index (χ3n) is 2.70. The Morgan fingerprint density at radius 3 is 3.07 bits per heavy atom. The Labute approximate surface area is 84.3 Å². The average Bonchev–Trinajstić information content (AvgIpc) is 2.47. The fraction of sp³-hybridized carbons (Fsp3) is 0.417. The van der Waals surface area contributed by atoms with Crippen molar-refractivity contribution in [2.45, 2.75) is 26.2 Å². The van der Waals surface area contributed by atoms with Gasteiger partial charge in [-0.2, -0.15) is 0 Å². The maximum atomic E-state index is 11.0. The molecule has 1 aromatic rings. The summed E-state index contributed by atoms with van der Waals surface area (Å²) in [5.74, 6) is 0.792. The van der Waals surface area contributed by atoms with Crippen molar-refractivity contribution in [1.29, 1.82) is 0 Å². The fourth-order valence-corrected chi connectivity index (χ4v) is 1.95. The van der Waals surface area contributed by atoms with E-state index >= 15 is 0 Å². The molecule has 1 heterocycles. The fourth-order valence-electron chi connectivity index (χ4n) is 1.95. The minimum absolute atomic E-state index is 0.226. The first kappa shape index (κ1) is 9.25. The molecule has 1 N–H and O–H groups in total. The Kier molecular flexibility index (Phi) is 2.28. The molecule has 1 aliphatic rings. The topological polar surface area (TPSA) is 29.1 Å². The summed E-state index contributed by atoms with van der Waals surface area (Å²) in [4.78, 5) is 11.0. The molecule has 0 fully saturated rings. The summed E-state index contributed by atoms with van der Waals surface area (Å²) in [5.41, 5.74) is 3.71. The highest BCUT2D eigenvalue weighted by Crippen LogP contribution is 2.31. The van der Waals surface area contributed by atoms with Gasteiger partial charge in [0.1, 0.15) is 5.78 Å². The Morgan fingerprint density at radius 2 is 2.36 bits per heavy atom. The van der Waals surface area contributed by atoms with Crippen LogP contribution in [0.4, 0.5) is 5.69 Å². The van der Waals surface area contributed by atoms with E-state index in [4.69, 9.17) is 0 Å². The van der Waals surface area contributed by atoms with E-state index in [-0.39, 0.29) is 5.78 Å². The summed E-state index contributed by atoms with van der Waals surface area (Å²) in [6.07, 6.45) is 0.556. The van der Waals surface area contributed by atoms with Gasteiger partial charge in [0.15, 0.2) is 0 Å². The minimum Gasteiger partial charge on any atom is -0.384 e. The molecule has 1 unspecified atom stereocenters. The zero-order valence-electron chi connectivity index (χ0n) is 8.63. The molecule has 2 nitrogen and oxygen atoms in total. The summed E-state index contributed by atoms with van der Waals surface area (Å²) in [6.45, 7) is 4.85. The molecule has 1 aliphatic heterocycles. The van der Waals surface area contributed by atoms with Crippen LogP contribution in [0, 0.1) is 0 Å². The van der Waals surface area contributed by atoms with E-state index in [0.717, 1.165) is 12.1 Å². The van der Waals surface area contributed by atoms with Gasteiger partial charge in [-0.05, 0) is 24.1 Å². The zero-order valence-corrected chi connectivity index (χ0v) is 8.63. The van der Waals surface area contributed by atoms with Gasteiger partial charge >= 0.3 is 0 Å². The molecule has 0 amide bonds. The zero-order chi connectivity index (χ0) is 10.1. The largest absolute Gasteiger partial charge is 0.384 e. The first-order valence-electron chi connectivity index (χ1n) is 5.03. The predicted octanol–water partition coefficient (Wildman–Crippen LogP) is 2.35. The van der Waals surface area contributed by atoms with E-state index in [2.05, 4.69) is 24.4 Å². The molecule has 1 atom stereocenters. The normalized spacial score (nSPS) is 18.9. The molecule has 0 spiro atoms. The van der Waals surface area contributed by atoms with Crippen LogP contribution in [0.2, 0.25) is 0 Å². The number of Topliss-reactive ketones (excluding diaryl/α,β-unsaturated/α-hetero) is 1. The van der Waals surface area contributed by atoms with E-state index in [0.29, 0.717) is 12.3 Å². The maximum absolute atomic E-state index is 11.0. The van der Waals surface area contributed by atoms with Crippen molar-refractivity contribution in [3.8, 4) is 0 Å². The number of carbonyl (C=O) groups is 1. The second-order valence-corrected chi connectivity index (χ2v) is 4.08. The number of hydrogen-bond donors (Lipinski definition) is 1. The number of rotatable bonds is 2. The maximum Gasteiger partial charge on any atom is 0.134 e. The summed E-state index contributed by atoms with van der Waals surface area (Å²) < 4.78 is 0. The number of hydrogen-bond acceptors (Lipinski definition) is 2. The molecule has 74 valence electrons. The number of ketones is 1. The van der Waals surface area contributed by atoms with Gasteiger partial charge in [-0.3, -0.25) is 4.79 Å². The van der Waals surface area contributed by atoms with Gasteiger partial charge in [0.25, 0.3) is 0 Å². The standard InChI is InChI=1S/C12H15NO/c1-8-7-13-12-4-3-10(5-9(2)14)6-11(8)12/h3-4,6,8,13H,5,7H2,1-2H3. The summed E-state index contributed by atoms with van der Waals surface area (Å²) in [6, 6.07) is 6.27. The van der Waals surface area contributed by atoms with Crippen LogP contribution in [0.1, 0.15) is 30.9 Å². The molecule has 0 radical (unpaired) electrons. The van der Waals surface area contributed by atoms with Crippen molar-refractivity contribution in [3.05, 3.63) is 29.3 Å². The van der Waals surface area contributed by atoms with E-state index < -0.39 is 0 Å². The minimum atomic E-state index is 0.226. The van der Waals surface area contributed by atoms with Crippen molar-refractivity contribution < 1.29 is 4.79 Å². The second-order valence-electron chi connectivity index (χ2n) is 4.08. The Bertz CT molecular complexity index is 371. The van der Waals surface area contributed by atoms with Gasteiger partial charge in [0.2, 0.25) is 0 Å². The van der Waals surface area contributed by atoms with Gasteiger partial charge in [0.05, 0.1) is 0 Å². The van der Waals surface area contributed by atoms with Crippen molar-refractivity contribution in [3.63, 3.8) is 0 Å². The number of fused-ring (bicyclic) bond motifs is 1. The lowest BCUT2D eigenvalue weighted by Crippen LogP contribution is -1.97. The van der Waals surface area contributed by atoms with E-state index in [9.17, 15) is 4.79 Å². The molecular formula is C12H15NO. The first-order chi connectivity index (χ1) is 6.66. The monoisotopic (exact) mass is 189 g/mol. The highest BCUT2D eigenvalue weighted by molar-refractivity contribution is 5.78. The molecule has 2 rings (SSSR count). The number of carbonyl (C=O) groups excluding carboxylic acids is 1. The van der Waals surface area contributed by atoms with E-state index in [1.165, 1.54) is 11.3 Å². The molecule has 0 aromatic heterocycles. The molecule has 1 aromatic carbocycles. The lowest BCUT2D eigenvalue weighted by molar-refractivity contribution is -0.116. The van der Waals surface area contributed by atoms with E-state index in [1.807, 2.05) is 6.07 Å². The van der Waals surface area contributed by atoms with Crippen LogP contribution in [-0.4, -0.2) is 12.3 Å².